The van der Waals surface area contributed by atoms with Gasteiger partial charge in [0.2, 0.25) is 0 Å². The maximum absolute atomic E-state index is 13.1. The molecule has 1 saturated carbocycles. The number of nitrogens with one attached hydrogen (secondary N) is 1. The average molecular weight is 359 g/mol. The Morgan fingerprint density at radius 2 is 2.04 bits per heavy atom. The van der Waals surface area contributed by atoms with Crippen LogP contribution in [0.15, 0.2) is 53.2 Å². The largest absolute Gasteiger partial charge is 0.335 e. The van der Waals surface area contributed by atoms with E-state index in [0.717, 1.165) is 24.1 Å². The maximum Gasteiger partial charge on any atom is 0.259 e. The first kappa shape index (κ1) is 15.7. The summed E-state index contributed by atoms with van der Waals surface area (Å²) in [5.74, 6) is 0.641. The average Bonchev–Trinajstić information content (AvgIpc) is 3.33. The minimum absolute atomic E-state index is 0.247. The van der Waals surface area contributed by atoms with Crippen molar-refractivity contribution in [2.45, 2.75) is 18.8 Å². The third-order valence-corrected chi connectivity index (χ3v) is 4.71. The molecule has 1 fully saturated rings. The van der Waals surface area contributed by atoms with Gasteiger partial charge in [0.15, 0.2) is 5.82 Å². The molecule has 1 N–H and O–H groups in total. The fraction of sp³-hybridized carbons (Fsp3) is 0.200. The Balaban J connectivity index is 1.65. The van der Waals surface area contributed by atoms with E-state index in [2.05, 4.69) is 20.6 Å². The van der Waals surface area contributed by atoms with Gasteiger partial charge >= 0.3 is 0 Å². The lowest BCUT2D eigenvalue weighted by molar-refractivity contribution is 0.102. The van der Waals surface area contributed by atoms with Crippen LogP contribution in [0.25, 0.3) is 22.4 Å². The van der Waals surface area contributed by atoms with Crippen LogP contribution in [0.5, 0.6) is 0 Å². The number of hydrogen-bond donors (Lipinski definition) is 1. The van der Waals surface area contributed by atoms with Crippen LogP contribution in [-0.2, 0) is 7.05 Å². The number of aryl methyl sites for hydroxylation is 1. The van der Waals surface area contributed by atoms with Crippen molar-refractivity contribution in [3.63, 3.8) is 0 Å². The lowest BCUT2D eigenvalue weighted by Gasteiger charge is -2.07. The van der Waals surface area contributed by atoms with Crippen molar-refractivity contribution in [3.05, 3.63) is 59.9 Å². The van der Waals surface area contributed by atoms with Gasteiger partial charge in [-0.05, 0) is 18.9 Å². The van der Waals surface area contributed by atoms with Crippen molar-refractivity contribution in [2.24, 2.45) is 7.05 Å². The topological polar surface area (TPSA) is 85.8 Å². The molecule has 1 aliphatic carbocycles. The summed E-state index contributed by atoms with van der Waals surface area (Å²) in [5, 5.41) is 11.9. The molecule has 0 atom stereocenters. The zero-order chi connectivity index (χ0) is 18.4. The second-order valence-electron chi connectivity index (χ2n) is 6.78. The molecule has 1 aliphatic rings. The van der Waals surface area contributed by atoms with E-state index in [1.165, 1.54) is 0 Å². The molecule has 0 radical (unpaired) electrons. The summed E-state index contributed by atoms with van der Waals surface area (Å²) in [4.78, 5) is 17.7. The van der Waals surface area contributed by atoms with E-state index >= 15 is 0 Å². The quantitative estimate of drug-likeness (QED) is 0.600. The molecule has 5 rings (SSSR count). The van der Waals surface area contributed by atoms with E-state index in [-0.39, 0.29) is 5.91 Å². The van der Waals surface area contributed by atoms with Crippen LogP contribution < -0.4 is 5.32 Å². The predicted molar refractivity (Wildman–Crippen MR) is 100 cm³/mol. The minimum atomic E-state index is -0.247. The summed E-state index contributed by atoms with van der Waals surface area (Å²) < 4.78 is 7.15. The summed E-state index contributed by atoms with van der Waals surface area (Å²) in [6, 6.07) is 13.3. The highest BCUT2D eigenvalue weighted by molar-refractivity contribution is 6.14. The Morgan fingerprint density at radius 1 is 1.22 bits per heavy atom. The molecule has 1 aromatic carbocycles. The second-order valence-corrected chi connectivity index (χ2v) is 6.78. The van der Waals surface area contributed by atoms with E-state index in [0.29, 0.717) is 34.1 Å². The summed E-state index contributed by atoms with van der Waals surface area (Å²) in [5.41, 5.74) is 3.28. The van der Waals surface area contributed by atoms with E-state index in [1.54, 1.807) is 24.0 Å². The predicted octanol–water partition coefficient (Wildman–Crippen LogP) is 3.75. The van der Waals surface area contributed by atoms with Crippen LogP contribution in [0.2, 0.25) is 0 Å². The van der Waals surface area contributed by atoms with Crippen molar-refractivity contribution in [2.75, 3.05) is 5.32 Å². The van der Waals surface area contributed by atoms with Crippen LogP contribution >= 0.6 is 0 Å². The van der Waals surface area contributed by atoms with Gasteiger partial charge in [0, 0.05) is 36.5 Å². The first-order valence-corrected chi connectivity index (χ1v) is 8.86. The third kappa shape index (κ3) is 2.87. The zero-order valence-corrected chi connectivity index (χ0v) is 14.7. The van der Waals surface area contributed by atoms with E-state index in [9.17, 15) is 4.79 Å². The smallest absolute Gasteiger partial charge is 0.259 e. The molecule has 0 bridgehead atoms. The highest BCUT2D eigenvalue weighted by atomic mass is 16.5. The molecular formula is C20H17N5O2. The number of amides is 1. The van der Waals surface area contributed by atoms with Crippen molar-refractivity contribution in [3.8, 4) is 11.3 Å². The number of carbonyl (C=O) groups excluding carboxylic acids is 1. The fourth-order valence-electron chi connectivity index (χ4n) is 3.20. The molecule has 0 saturated heterocycles. The lowest BCUT2D eigenvalue weighted by atomic mass is 10.0. The summed E-state index contributed by atoms with van der Waals surface area (Å²) in [7, 11) is 1.80. The third-order valence-electron chi connectivity index (χ3n) is 4.71. The number of hydrogen-bond acceptors (Lipinski definition) is 5. The van der Waals surface area contributed by atoms with Gasteiger partial charge in [-0.2, -0.15) is 5.10 Å². The molecule has 7 heteroatoms. The van der Waals surface area contributed by atoms with Gasteiger partial charge in [0.1, 0.15) is 5.69 Å². The van der Waals surface area contributed by atoms with Gasteiger partial charge in [-0.3, -0.25) is 9.48 Å². The molecular weight excluding hydrogens is 342 g/mol. The Labute approximate surface area is 155 Å². The standard InChI is InChI=1S/C20H17N5O2/c1-25-10-9-16(23-25)22-19(26)14-11-15(12-7-8-12)21-20-17(14)18(24-27-20)13-5-3-2-4-6-13/h2-6,9-12H,7-8H2,1H3,(H,22,23,26). The van der Waals surface area contributed by atoms with Gasteiger partial charge in [0.25, 0.3) is 11.6 Å². The van der Waals surface area contributed by atoms with Crippen LogP contribution in [0, 0.1) is 0 Å². The number of carbonyl (C=O) groups is 1. The number of anilines is 1. The molecule has 4 aromatic rings. The Morgan fingerprint density at radius 3 is 2.74 bits per heavy atom. The maximum atomic E-state index is 13.1. The number of benzene rings is 1. The second kappa shape index (κ2) is 6.05. The van der Waals surface area contributed by atoms with E-state index < -0.39 is 0 Å². The van der Waals surface area contributed by atoms with Gasteiger partial charge in [0.05, 0.1) is 10.9 Å². The van der Waals surface area contributed by atoms with Crippen molar-refractivity contribution >= 4 is 22.8 Å². The highest BCUT2D eigenvalue weighted by Crippen LogP contribution is 2.41. The molecule has 3 aromatic heterocycles. The van der Waals surface area contributed by atoms with Crippen LogP contribution in [0.1, 0.15) is 34.8 Å². The van der Waals surface area contributed by atoms with Gasteiger partial charge < -0.3 is 9.84 Å². The normalized spacial score (nSPS) is 13.8. The fourth-order valence-corrected chi connectivity index (χ4v) is 3.20. The summed E-state index contributed by atoms with van der Waals surface area (Å²) >= 11 is 0. The van der Waals surface area contributed by atoms with E-state index in [1.807, 2.05) is 36.4 Å². The molecule has 27 heavy (non-hydrogen) atoms. The van der Waals surface area contributed by atoms with Gasteiger partial charge in [-0.15, -0.1) is 0 Å². The first-order valence-electron chi connectivity index (χ1n) is 8.86. The molecule has 0 unspecified atom stereocenters. The van der Waals surface area contributed by atoms with E-state index in [4.69, 9.17) is 4.52 Å². The molecule has 1 amide bonds. The SMILES string of the molecule is Cn1ccc(NC(=O)c2cc(C3CC3)nc3onc(-c4ccccc4)c23)n1. The molecule has 0 spiro atoms. The van der Waals surface area contributed by atoms with Crippen molar-refractivity contribution in [1.29, 1.82) is 0 Å². The number of aromatic nitrogens is 4. The van der Waals surface area contributed by atoms with Crippen LogP contribution in [0.4, 0.5) is 5.82 Å². The number of nitrogens with zero attached hydrogens (tertiary/aromatic N) is 4. The molecule has 3 heterocycles. The molecule has 7 nitrogen and oxygen atoms in total. The zero-order valence-electron chi connectivity index (χ0n) is 14.7. The number of rotatable bonds is 4. The number of pyridine rings is 1. The molecule has 0 aliphatic heterocycles. The monoisotopic (exact) mass is 359 g/mol. The highest BCUT2D eigenvalue weighted by Gasteiger charge is 2.29. The van der Waals surface area contributed by atoms with Crippen molar-refractivity contribution in [1.82, 2.24) is 19.9 Å². The first-order chi connectivity index (χ1) is 13.2. The van der Waals surface area contributed by atoms with Gasteiger partial charge in [-0.1, -0.05) is 35.5 Å². The summed E-state index contributed by atoms with van der Waals surface area (Å²) in [6.07, 6.45) is 3.95. The minimum Gasteiger partial charge on any atom is -0.335 e. The number of fused-ring (bicyclic) bond motifs is 1. The molecule has 134 valence electrons. The van der Waals surface area contributed by atoms with Crippen LogP contribution in [-0.4, -0.2) is 25.8 Å². The summed E-state index contributed by atoms with van der Waals surface area (Å²) in [6.45, 7) is 0. The van der Waals surface area contributed by atoms with Crippen molar-refractivity contribution < 1.29 is 9.32 Å². The Bertz CT molecular complexity index is 1140. The lowest BCUT2D eigenvalue weighted by Crippen LogP contribution is -2.14. The Hall–Kier alpha value is -3.48. The van der Waals surface area contributed by atoms with Crippen LogP contribution in [0.3, 0.4) is 0 Å². The Kier molecular flexibility index (Phi) is 3.53. The van der Waals surface area contributed by atoms with Gasteiger partial charge in [-0.25, -0.2) is 4.98 Å².